The van der Waals surface area contributed by atoms with Gasteiger partial charge in [-0.15, -0.1) is 0 Å². The Hall–Kier alpha value is -3.31. The molecule has 162 valence electrons. The summed E-state index contributed by atoms with van der Waals surface area (Å²) in [5.41, 5.74) is -6.57. The number of benzene rings is 2. The highest BCUT2D eigenvalue weighted by Gasteiger charge is 2.45. The van der Waals surface area contributed by atoms with Gasteiger partial charge in [0.05, 0.1) is 27.7 Å². The van der Waals surface area contributed by atoms with Crippen molar-refractivity contribution >= 4 is 21.9 Å². The SMILES string of the molecule is FC(F)(F)c1ccc2nc3c(c(C(F)(F)F)nn3-c3ccccc3)c(C(F)(F)F)c2c1. The Bertz CT molecular complexity index is 1280. The third-order valence-corrected chi connectivity index (χ3v) is 4.48. The lowest BCUT2D eigenvalue weighted by Gasteiger charge is -2.15. The van der Waals surface area contributed by atoms with Crippen LogP contribution < -0.4 is 0 Å². The first kappa shape index (κ1) is 20.9. The highest BCUT2D eigenvalue weighted by molar-refractivity contribution is 5.99. The molecule has 12 heteroatoms. The van der Waals surface area contributed by atoms with Crippen LogP contribution in [0.2, 0.25) is 0 Å². The van der Waals surface area contributed by atoms with Crippen molar-refractivity contribution < 1.29 is 39.5 Å². The molecule has 0 aliphatic carbocycles. The molecular formula is C19H8F9N3. The molecule has 31 heavy (non-hydrogen) atoms. The van der Waals surface area contributed by atoms with Crippen molar-refractivity contribution in [2.75, 3.05) is 0 Å². The first-order chi connectivity index (χ1) is 14.3. The average molecular weight is 449 g/mol. The number of nitrogens with zero attached hydrogens (tertiary/aromatic N) is 3. The normalized spacial score (nSPS) is 13.3. The minimum Gasteiger partial charge on any atom is -0.228 e. The summed E-state index contributed by atoms with van der Waals surface area (Å²) in [6.45, 7) is 0. The van der Waals surface area contributed by atoms with Crippen molar-refractivity contribution in [3.8, 4) is 5.69 Å². The summed E-state index contributed by atoms with van der Waals surface area (Å²) in [4.78, 5) is 3.82. The molecule has 0 radical (unpaired) electrons. The van der Waals surface area contributed by atoms with E-state index in [0.717, 1.165) is 0 Å². The van der Waals surface area contributed by atoms with Crippen LogP contribution in [0.15, 0.2) is 48.5 Å². The number of fused-ring (bicyclic) bond motifs is 2. The van der Waals surface area contributed by atoms with E-state index in [2.05, 4.69) is 10.1 Å². The topological polar surface area (TPSA) is 30.7 Å². The Kier molecular flexibility index (Phi) is 4.45. The monoisotopic (exact) mass is 449 g/mol. The maximum atomic E-state index is 13.9. The summed E-state index contributed by atoms with van der Waals surface area (Å²) in [6.07, 6.45) is -15.8. The summed E-state index contributed by atoms with van der Waals surface area (Å²) >= 11 is 0. The van der Waals surface area contributed by atoms with E-state index in [1.165, 1.54) is 30.3 Å². The second kappa shape index (κ2) is 6.59. The van der Waals surface area contributed by atoms with Crippen LogP contribution in [0.4, 0.5) is 39.5 Å². The average Bonchev–Trinajstić information content (AvgIpc) is 3.03. The van der Waals surface area contributed by atoms with Crippen LogP contribution in [0.1, 0.15) is 16.8 Å². The molecule has 3 nitrogen and oxygen atoms in total. The molecule has 0 aliphatic heterocycles. The second-order valence-electron chi connectivity index (χ2n) is 6.51. The Morgan fingerprint density at radius 2 is 1.35 bits per heavy atom. The maximum absolute atomic E-state index is 13.9. The highest BCUT2D eigenvalue weighted by atomic mass is 19.4. The van der Waals surface area contributed by atoms with Crippen molar-refractivity contribution in [3.05, 3.63) is 65.4 Å². The maximum Gasteiger partial charge on any atom is 0.435 e. The molecule has 4 aromatic rings. The molecule has 0 fully saturated rings. The Morgan fingerprint density at radius 3 is 1.90 bits per heavy atom. The number of para-hydroxylation sites is 1. The van der Waals surface area contributed by atoms with Crippen LogP contribution in [0, 0.1) is 0 Å². The molecule has 0 saturated carbocycles. The van der Waals surface area contributed by atoms with Crippen LogP contribution in [0.25, 0.3) is 27.6 Å². The van der Waals surface area contributed by atoms with E-state index in [9.17, 15) is 39.5 Å². The van der Waals surface area contributed by atoms with Gasteiger partial charge in [0, 0.05) is 5.39 Å². The number of pyridine rings is 1. The predicted molar refractivity (Wildman–Crippen MR) is 91.4 cm³/mol. The first-order valence-corrected chi connectivity index (χ1v) is 8.42. The predicted octanol–water partition coefficient (Wildman–Crippen LogP) is 6.63. The van der Waals surface area contributed by atoms with Crippen LogP contribution in [0.3, 0.4) is 0 Å². The van der Waals surface area contributed by atoms with Crippen LogP contribution in [-0.4, -0.2) is 14.8 Å². The fraction of sp³-hybridized carbons (Fsp3) is 0.158. The molecule has 0 N–H and O–H groups in total. The smallest absolute Gasteiger partial charge is 0.228 e. The molecule has 0 unspecified atom stereocenters. The highest BCUT2D eigenvalue weighted by Crippen LogP contribution is 2.45. The van der Waals surface area contributed by atoms with Crippen molar-refractivity contribution in [2.45, 2.75) is 18.5 Å². The number of aromatic nitrogens is 3. The molecule has 0 aliphatic rings. The van der Waals surface area contributed by atoms with Gasteiger partial charge in [-0.05, 0) is 30.3 Å². The standard InChI is InChI=1S/C19H8F9N3/c20-17(21,22)9-6-7-12-11(8-9)14(18(23,24)25)13-15(19(26,27)28)30-31(16(13)29-12)10-4-2-1-3-5-10/h1-8H. The molecule has 2 aromatic carbocycles. The molecule has 0 spiro atoms. The summed E-state index contributed by atoms with van der Waals surface area (Å²) < 4.78 is 122. The largest absolute Gasteiger partial charge is 0.435 e. The Balaban J connectivity index is 2.24. The summed E-state index contributed by atoms with van der Waals surface area (Å²) in [6, 6.07) is 8.33. The van der Waals surface area contributed by atoms with Crippen LogP contribution in [0.5, 0.6) is 0 Å². The van der Waals surface area contributed by atoms with Crippen molar-refractivity contribution in [3.63, 3.8) is 0 Å². The zero-order chi connectivity index (χ0) is 22.8. The first-order valence-electron chi connectivity index (χ1n) is 8.42. The molecular weight excluding hydrogens is 441 g/mol. The van der Waals surface area contributed by atoms with E-state index < -0.39 is 57.3 Å². The number of hydrogen-bond acceptors (Lipinski definition) is 2. The number of alkyl halides is 9. The minimum absolute atomic E-state index is 0.00474. The van der Waals surface area contributed by atoms with E-state index in [0.29, 0.717) is 16.8 Å². The van der Waals surface area contributed by atoms with Gasteiger partial charge in [0.15, 0.2) is 11.3 Å². The third kappa shape index (κ3) is 3.55. The molecule has 4 rings (SSSR count). The van der Waals surface area contributed by atoms with Crippen molar-refractivity contribution in [2.24, 2.45) is 0 Å². The summed E-state index contributed by atoms with van der Waals surface area (Å²) in [5.74, 6) is 0. The van der Waals surface area contributed by atoms with Gasteiger partial charge in [0.25, 0.3) is 0 Å². The van der Waals surface area contributed by atoms with Gasteiger partial charge < -0.3 is 0 Å². The summed E-state index contributed by atoms with van der Waals surface area (Å²) in [5, 5.41) is 0.782. The van der Waals surface area contributed by atoms with E-state index in [-0.39, 0.29) is 11.8 Å². The molecule has 2 heterocycles. The lowest BCUT2D eigenvalue weighted by Crippen LogP contribution is -2.13. The molecule has 2 aromatic heterocycles. The van der Waals surface area contributed by atoms with Crippen LogP contribution in [-0.2, 0) is 18.5 Å². The van der Waals surface area contributed by atoms with Crippen molar-refractivity contribution in [1.29, 1.82) is 0 Å². The Morgan fingerprint density at radius 1 is 0.710 bits per heavy atom. The molecule has 0 bridgehead atoms. The van der Waals surface area contributed by atoms with E-state index in [1.807, 2.05) is 0 Å². The van der Waals surface area contributed by atoms with Crippen molar-refractivity contribution in [1.82, 2.24) is 14.8 Å². The number of hydrogen-bond donors (Lipinski definition) is 0. The molecule has 0 atom stereocenters. The quantitative estimate of drug-likeness (QED) is 0.306. The van der Waals surface area contributed by atoms with Gasteiger partial charge in [0.2, 0.25) is 0 Å². The number of halogens is 9. The van der Waals surface area contributed by atoms with Crippen LogP contribution >= 0.6 is 0 Å². The van der Waals surface area contributed by atoms with Gasteiger partial charge in [-0.2, -0.15) is 44.6 Å². The van der Waals surface area contributed by atoms with E-state index in [4.69, 9.17) is 0 Å². The minimum atomic E-state index is -5.42. The lowest BCUT2D eigenvalue weighted by atomic mass is 10.0. The summed E-state index contributed by atoms with van der Waals surface area (Å²) in [7, 11) is 0. The zero-order valence-electron chi connectivity index (χ0n) is 14.9. The number of rotatable bonds is 1. The Labute approximate surface area is 166 Å². The van der Waals surface area contributed by atoms with Gasteiger partial charge >= 0.3 is 18.5 Å². The van der Waals surface area contributed by atoms with Gasteiger partial charge in [-0.3, -0.25) is 0 Å². The molecule has 0 saturated heterocycles. The second-order valence-corrected chi connectivity index (χ2v) is 6.51. The van der Waals surface area contributed by atoms with Gasteiger partial charge in [0.1, 0.15) is 0 Å². The zero-order valence-corrected chi connectivity index (χ0v) is 14.9. The fourth-order valence-electron chi connectivity index (χ4n) is 3.24. The van der Waals surface area contributed by atoms with Gasteiger partial charge in [-0.25, -0.2) is 9.67 Å². The van der Waals surface area contributed by atoms with E-state index >= 15 is 0 Å². The van der Waals surface area contributed by atoms with E-state index in [1.54, 1.807) is 0 Å². The van der Waals surface area contributed by atoms with Gasteiger partial charge in [-0.1, -0.05) is 18.2 Å². The molecule has 0 amide bonds. The lowest BCUT2D eigenvalue weighted by molar-refractivity contribution is -0.142. The fourth-order valence-corrected chi connectivity index (χ4v) is 3.24. The third-order valence-electron chi connectivity index (χ3n) is 4.48.